The van der Waals surface area contributed by atoms with Crippen molar-refractivity contribution in [2.24, 2.45) is 0 Å². The molecule has 0 saturated carbocycles. The van der Waals surface area contributed by atoms with Gasteiger partial charge in [0.1, 0.15) is 0 Å². The molecule has 0 aliphatic rings. The molecule has 0 N–H and O–H groups in total. The number of hydrogen-bond donors (Lipinski definition) is 0. The van der Waals surface area contributed by atoms with Gasteiger partial charge in [-0.05, 0) is 15.4 Å². The van der Waals surface area contributed by atoms with Crippen LogP contribution in [0.1, 0.15) is 20.8 Å². The highest BCUT2D eigenvalue weighted by Gasteiger charge is 2.50. The number of rotatable bonds is 38. The standard InChI is InChI=1S/C40H67ClO12Si/c1-40(2,3)54(38-10-6-4-7-11-38,39-12-8-5-9-13-39)53-37-36-52-35-34-51-33-32-50-31-30-49-29-28-48-27-26-47-25-24-46-23-22-45-21-20-44-19-18-43-17-16-42-15-14-41/h4-13H,14-37H2,1-3H3. The van der Waals surface area contributed by atoms with Gasteiger partial charge in [-0.1, -0.05) is 81.4 Å². The molecule has 54 heavy (non-hydrogen) atoms. The van der Waals surface area contributed by atoms with Crippen LogP contribution in [0, 0.1) is 0 Å². The molecule has 0 bridgehead atoms. The SMILES string of the molecule is CC(C)(C)[Si](OCCOCCOCCOCCOCCOCCOCCOCCOCCOCCOCCOCCCl)(c1ccccc1)c1ccccc1. The first-order valence-electron chi connectivity index (χ1n) is 19.2. The number of hydrogen-bond acceptors (Lipinski definition) is 12. The lowest BCUT2D eigenvalue weighted by Crippen LogP contribution is -2.66. The van der Waals surface area contributed by atoms with Crippen molar-refractivity contribution in [1.82, 2.24) is 0 Å². The van der Waals surface area contributed by atoms with Gasteiger partial charge in [0.05, 0.1) is 152 Å². The van der Waals surface area contributed by atoms with Crippen LogP contribution in [0.3, 0.4) is 0 Å². The predicted molar refractivity (Wildman–Crippen MR) is 213 cm³/mol. The fourth-order valence-corrected chi connectivity index (χ4v) is 10.0. The zero-order chi connectivity index (χ0) is 38.7. The van der Waals surface area contributed by atoms with Crippen LogP contribution < -0.4 is 10.4 Å². The van der Waals surface area contributed by atoms with Crippen LogP contribution in [0.2, 0.25) is 5.04 Å². The lowest BCUT2D eigenvalue weighted by Gasteiger charge is -2.43. The maximum Gasteiger partial charge on any atom is 0.261 e. The lowest BCUT2D eigenvalue weighted by atomic mass is 10.2. The second-order valence-corrected chi connectivity index (χ2v) is 17.6. The molecule has 12 nitrogen and oxygen atoms in total. The summed E-state index contributed by atoms with van der Waals surface area (Å²) in [5.74, 6) is 0.496. The van der Waals surface area contributed by atoms with Crippen molar-refractivity contribution in [3.05, 3.63) is 60.7 Å². The first kappa shape index (κ1) is 48.6. The van der Waals surface area contributed by atoms with E-state index in [0.29, 0.717) is 158 Å². The van der Waals surface area contributed by atoms with E-state index in [1.807, 2.05) is 0 Å². The topological polar surface area (TPSA) is 111 Å². The average Bonchev–Trinajstić information content (AvgIpc) is 3.18. The van der Waals surface area contributed by atoms with Gasteiger partial charge in [0.2, 0.25) is 0 Å². The van der Waals surface area contributed by atoms with Gasteiger partial charge in [-0.25, -0.2) is 0 Å². The Hall–Kier alpha value is -1.53. The third-order valence-electron chi connectivity index (χ3n) is 7.90. The van der Waals surface area contributed by atoms with Crippen molar-refractivity contribution in [3.8, 4) is 0 Å². The maximum absolute atomic E-state index is 6.85. The van der Waals surface area contributed by atoms with E-state index < -0.39 is 8.32 Å². The molecule has 14 heteroatoms. The molecule has 0 saturated heterocycles. The van der Waals surface area contributed by atoms with E-state index in [1.165, 1.54) is 10.4 Å². The second-order valence-electron chi connectivity index (χ2n) is 12.9. The van der Waals surface area contributed by atoms with Gasteiger partial charge >= 0.3 is 0 Å². The lowest BCUT2D eigenvalue weighted by molar-refractivity contribution is -0.0276. The smallest absolute Gasteiger partial charge is 0.261 e. The third-order valence-corrected chi connectivity index (χ3v) is 13.1. The van der Waals surface area contributed by atoms with Crippen LogP contribution >= 0.6 is 11.6 Å². The highest BCUT2D eigenvalue weighted by molar-refractivity contribution is 6.99. The molecule has 0 unspecified atom stereocenters. The Kier molecular flexibility index (Phi) is 30.2. The summed E-state index contributed by atoms with van der Waals surface area (Å²) in [6.07, 6.45) is 0. The quantitative estimate of drug-likeness (QED) is 0.0557. The Balaban J connectivity index is 1.30. The monoisotopic (exact) mass is 802 g/mol. The first-order valence-corrected chi connectivity index (χ1v) is 21.6. The van der Waals surface area contributed by atoms with Crippen molar-refractivity contribution in [1.29, 1.82) is 0 Å². The summed E-state index contributed by atoms with van der Waals surface area (Å²) >= 11 is 5.52. The molecule has 2 rings (SSSR count). The summed E-state index contributed by atoms with van der Waals surface area (Å²) in [7, 11) is -2.54. The van der Waals surface area contributed by atoms with Gasteiger partial charge in [-0.15, -0.1) is 11.6 Å². The fraction of sp³-hybridized carbons (Fsp3) is 0.700. The van der Waals surface area contributed by atoms with E-state index in [0.717, 1.165) is 0 Å². The van der Waals surface area contributed by atoms with Crippen LogP contribution in [0.15, 0.2) is 60.7 Å². The van der Waals surface area contributed by atoms with Gasteiger partial charge in [0, 0.05) is 5.88 Å². The van der Waals surface area contributed by atoms with Crippen LogP contribution in [-0.4, -0.2) is 166 Å². The second kappa shape index (κ2) is 33.6. The van der Waals surface area contributed by atoms with Crippen molar-refractivity contribution < 1.29 is 56.5 Å². The Morgan fingerprint density at radius 1 is 0.352 bits per heavy atom. The Morgan fingerprint density at radius 2 is 0.574 bits per heavy atom. The van der Waals surface area contributed by atoms with Crippen molar-refractivity contribution in [2.45, 2.75) is 25.8 Å². The molecule has 0 amide bonds. The molecule has 0 atom stereocenters. The number of alkyl halides is 1. The van der Waals surface area contributed by atoms with E-state index in [-0.39, 0.29) is 5.04 Å². The van der Waals surface area contributed by atoms with Gasteiger partial charge in [-0.2, -0.15) is 0 Å². The van der Waals surface area contributed by atoms with Crippen LogP contribution in [0.5, 0.6) is 0 Å². The number of benzene rings is 2. The summed E-state index contributed by atoms with van der Waals surface area (Å²) < 4.78 is 67.5. The van der Waals surface area contributed by atoms with E-state index >= 15 is 0 Å². The summed E-state index contributed by atoms with van der Waals surface area (Å²) in [6.45, 7) is 18.7. The molecule has 0 fully saturated rings. The molecule has 0 spiro atoms. The Morgan fingerprint density at radius 3 is 0.796 bits per heavy atom. The average molecular weight is 804 g/mol. The minimum atomic E-state index is -2.54. The van der Waals surface area contributed by atoms with E-state index in [1.54, 1.807) is 0 Å². The molecule has 0 radical (unpaired) electrons. The molecular weight excluding hydrogens is 736 g/mol. The summed E-state index contributed by atoms with van der Waals surface area (Å²) in [4.78, 5) is 0. The van der Waals surface area contributed by atoms with Crippen molar-refractivity contribution >= 4 is 30.3 Å². The molecule has 0 aliphatic heterocycles. The van der Waals surface area contributed by atoms with Gasteiger partial charge in [-0.3, -0.25) is 0 Å². The van der Waals surface area contributed by atoms with E-state index in [9.17, 15) is 0 Å². The largest absolute Gasteiger partial charge is 0.405 e. The maximum atomic E-state index is 6.85. The van der Waals surface area contributed by atoms with E-state index in [4.69, 9.17) is 68.1 Å². The molecule has 0 aliphatic carbocycles. The highest BCUT2D eigenvalue weighted by atomic mass is 35.5. The molecule has 0 aromatic heterocycles. The fourth-order valence-electron chi connectivity index (χ4n) is 5.37. The van der Waals surface area contributed by atoms with Crippen molar-refractivity contribution in [2.75, 3.05) is 158 Å². The normalized spacial score (nSPS) is 12.1. The van der Waals surface area contributed by atoms with Crippen molar-refractivity contribution in [3.63, 3.8) is 0 Å². The highest BCUT2D eigenvalue weighted by Crippen LogP contribution is 2.36. The Bertz CT molecular complexity index is 1040. The van der Waals surface area contributed by atoms with Gasteiger partial charge in [0.25, 0.3) is 8.32 Å². The summed E-state index contributed by atoms with van der Waals surface area (Å²) in [6, 6.07) is 21.3. The van der Waals surface area contributed by atoms with Crippen LogP contribution in [-0.2, 0) is 56.5 Å². The molecular formula is C40H67ClO12Si. The zero-order valence-electron chi connectivity index (χ0n) is 33.0. The zero-order valence-corrected chi connectivity index (χ0v) is 34.8. The van der Waals surface area contributed by atoms with Gasteiger partial charge < -0.3 is 56.5 Å². The van der Waals surface area contributed by atoms with Gasteiger partial charge in [0.15, 0.2) is 0 Å². The molecule has 2 aromatic carbocycles. The molecule has 2 aromatic rings. The van der Waals surface area contributed by atoms with Crippen LogP contribution in [0.4, 0.5) is 0 Å². The minimum absolute atomic E-state index is 0.0573. The number of halogens is 1. The minimum Gasteiger partial charge on any atom is -0.405 e. The third kappa shape index (κ3) is 22.9. The van der Waals surface area contributed by atoms with Crippen LogP contribution in [0.25, 0.3) is 0 Å². The first-order chi connectivity index (χ1) is 26.5. The van der Waals surface area contributed by atoms with E-state index in [2.05, 4.69) is 81.4 Å². The predicted octanol–water partition coefficient (Wildman–Crippen LogP) is 3.98. The number of ether oxygens (including phenoxy) is 11. The molecule has 310 valence electrons. The molecule has 0 heterocycles. The Labute approximate surface area is 330 Å². The summed E-state index contributed by atoms with van der Waals surface area (Å²) in [5, 5.41) is 2.48. The summed E-state index contributed by atoms with van der Waals surface area (Å²) in [5.41, 5.74) is 0.